The Morgan fingerprint density at radius 1 is 1.04 bits per heavy atom. The van der Waals surface area contributed by atoms with E-state index in [1.54, 1.807) is 0 Å². The lowest BCUT2D eigenvalue weighted by molar-refractivity contribution is -0.143. The highest BCUT2D eigenvalue weighted by Gasteiger charge is 2.43. The van der Waals surface area contributed by atoms with Crippen molar-refractivity contribution in [2.75, 3.05) is 0 Å². The summed E-state index contributed by atoms with van der Waals surface area (Å²) in [6.07, 6.45) is -3.78. The molecule has 1 aromatic carbocycles. The number of allylic oxidation sites excluding steroid dienone is 2. The molecule has 0 amide bonds. The Labute approximate surface area is 158 Å². The van der Waals surface area contributed by atoms with Crippen LogP contribution in [-0.2, 0) is 0 Å². The first-order chi connectivity index (χ1) is 13.0. The lowest BCUT2D eigenvalue weighted by atomic mass is 9.99. The molecule has 0 saturated heterocycles. The van der Waals surface area contributed by atoms with Crippen LogP contribution in [0.5, 0.6) is 5.75 Å². The lowest BCUT2D eigenvalue weighted by Gasteiger charge is -2.20. The zero-order chi connectivity index (χ0) is 21.1. The number of alkyl halides is 2. The third kappa shape index (κ3) is 5.64. The summed E-state index contributed by atoms with van der Waals surface area (Å²) in [5.41, 5.74) is -1.71. The summed E-state index contributed by atoms with van der Waals surface area (Å²) in [4.78, 5) is 0. The fourth-order valence-electron chi connectivity index (χ4n) is 2.69. The molecule has 154 valence electrons. The fraction of sp³-hybridized carbons (Fsp3) is 0.400. The Morgan fingerprint density at radius 2 is 1.64 bits per heavy atom. The molecule has 1 unspecified atom stereocenters. The number of rotatable bonds is 7. The van der Waals surface area contributed by atoms with Crippen molar-refractivity contribution >= 4 is 0 Å². The third-order valence-electron chi connectivity index (χ3n) is 4.10. The van der Waals surface area contributed by atoms with Crippen LogP contribution in [0.4, 0.5) is 26.3 Å². The van der Waals surface area contributed by atoms with Crippen LogP contribution in [0.15, 0.2) is 53.2 Å². The van der Waals surface area contributed by atoms with Gasteiger partial charge in [-0.25, -0.2) is 17.6 Å². The molecule has 1 aliphatic carbocycles. The summed E-state index contributed by atoms with van der Waals surface area (Å²) in [6.45, 7) is 3.83. The Balaban J connectivity index is 2.27. The first kappa shape index (κ1) is 22.1. The van der Waals surface area contributed by atoms with Crippen molar-refractivity contribution in [2.45, 2.75) is 45.3 Å². The van der Waals surface area contributed by atoms with Crippen LogP contribution in [-0.4, -0.2) is 17.3 Å². The van der Waals surface area contributed by atoms with Gasteiger partial charge in [0.05, 0.1) is 6.10 Å². The van der Waals surface area contributed by atoms with Crippen molar-refractivity contribution in [3.8, 4) is 5.75 Å². The minimum atomic E-state index is -4.53. The molecule has 0 aromatic heterocycles. The van der Waals surface area contributed by atoms with E-state index in [1.165, 1.54) is 0 Å². The predicted molar refractivity (Wildman–Crippen MR) is 92.0 cm³/mol. The van der Waals surface area contributed by atoms with Gasteiger partial charge < -0.3 is 9.84 Å². The van der Waals surface area contributed by atoms with Crippen molar-refractivity contribution in [3.63, 3.8) is 0 Å². The first-order valence-electron chi connectivity index (χ1n) is 8.67. The highest BCUT2D eigenvalue weighted by Crippen LogP contribution is 2.39. The smallest absolute Gasteiger partial charge is 0.429 e. The standard InChI is InChI=1S/C20H20F6O2/c1-11(2)3-6-18(27)12-4-5-16(23)19(17(24)7-12)20(25,26)28-15-9-13(21)8-14(22)10-15/h4,7-11,18,27H,3,5-6H2,1-2H3. The largest absolute Gasteiger partial charge is 0.432 e. The molecule has 1 atom stereocenters. The monoisotopic (exact) mass is 406 g/mol. The van der Waals surface area contributed by atoms with Crippen LogP contribution in [0.25, 0.3) is 0 Å². The molecule has 1 N–H and O–H groups in total. The molecule has 1 aliphatic rings. The van der Waals surface area contributed by atoms with E-state index in [0.29, 0.717) is 30.7 Å². The first-order valence-corrected chi connectivity index (χ1v) is 8.67. The number of ether oxygens (including phenoxy) is 1. The van der Waals surface area contributed by atoms with Crippen LogP contribution in [0.1, 0.15) is 33.1 Å². The molecule has 0 bridgehead atoms. The van der Waals surface area contributed by atoms with Gasteiger partial charge in [0.1, 0.15) is 34.6 Å². The van der Waals surface area contributed by atoms with E-state index in [9.17, 15) is 31.4 Å². The van der Waals surface area contributed by atoms with E-state index in [1.807, 2.05) is 13.8 Å². The van der Waals surface area contributed by atoms with Gasteiger partial charge in [-0.1, -0.05) is 19.9 Å². The maximum Gasteiger partial charge on any atom is 0.432 e. The van der Waals surface area contributed by atoms with Gasteiger partial charge in [0.2, 0.25) is 0 Å². The van der Waals surface area contributed by atoms with Gasteiger partial charge in [-0.15, -0.1) is 0 Å². The molecule has 2 rings (SSSR count). The highest BCUT2D eigenvalue weighted by molar-refractivity contribution is 5.43. The Kier molecular flexibility index (Phi) is 6.98. The lowest BCUT2D eigenvalue weighted by Crippen LogP contribution is -2.29. The SMILES string of the molecule is CC(C)CCC(O)C1=CCC(F)=C(C(F)(F)Oc2cc(F)cc(F)c2)C(F)=C1. The molecule has 2 nitrogen and oxygen atoms in total. The minimum absolute atomic E-state index is 0.0316. The fourth-order valence-corrected chi connectivity index (χ4v) is 2.69. The van der Waals surface area contributed by atoms with Crippen molar-refractivity contribution < 1.29 is 36.2 Å². The molecule has 1 aromatic rings. The van der Waals surface area contributed by atoms with Crippen LogP contribution >= 0.6 is 0 Å². The topological polar surface area (TPSA) is 29.5 Å². The average Bonchev–Trinajstić information content (AvgIpc) is 2.69. The van der Waals surface area contributed by atoms with Crippen molar-refractivity contribution in [1.29, 1.82) is 0 Å². The molecule has 0 spiro atoms. The molecule has 0 heterocycles. The van der Waals surface area contributed by atoms with E-state index in [0.717, 1.165) is 6.08 Å². The van der Waals surface area contributed by atoms with Gasteiger partial charge in [0, 0.05) is 24.6 Å². The minimum Gasteiger partial charge on any atom is -0.429 e. The average molecular weight is 406 g/mol. The third-order valence-corrected chi connectivity index (χ3v) is 4.10. The van der Waals surface area contributed by atoms with Crippen LogP contribution < -0.4 is 4.74 Å². The van der Waals surface area contributed by atoms with Crippen LogP contribution in [0, 0.1) is 17.6 Å². The molecule has 8 heteroatoms. The summed E-state index contributed by atoms with van der Waals surface area (Å²) in [6, 6.07) is 1.37. The van der Waals surface area contributed by atoms with Gasteiger partial charge >= 0.3 is 6.11 Å². The van der Waals surface area contributed by atoms with Crippen molar-refractivity contribution in [2.24, 2.45) is 5.92 Å². The Hall–Kier alpha value is -2.22. The molecular weight excluding hydrogens is 386 g/mol. The molecule has 0 saturated carbocycles. The van der Waals surface area contributed by atoms with E-state index in [2.05, 4.69) is 4.74 Å². The normalized spacial score (nSPS) is 16.6. The molecule has 0 aliphatic heterocycles. The van der Waals surface area contributed by atoms with Crippen molar-refractivity contribution in [1.82, 2.24) is 0 Å². The second-order valence-electron chi connectivity index (χ2n) is 6.89. The summed E-state index contributed by atoms with van der Waals surface area (Å²) >= 11 is 0. The van der Waals surface area contributed by atoms with E-state index in [4.69, 9.17) is 0 Å². The molecule has 0 radical (unpaired) electrons. The second-order valence-corrected chi connectivity index (χ2v) is 6.89. The van der Waals surface area contributed by atoms with Crippen molar-refractivity contribution in [3.05, 3.63) is 64.8 Å². The second kappa shape index (κ2) is 8.86. The summed E-state index contributed by atoms with van der Waals surface area (Å²) < 4.78 is 88.0. The molecule has 28 heavy (non-hydrogen) atoms. The van der Waals surface area contributed by atoms with Gasteiger partial charge in [-0.05, 0) is 30.4 Å². The van der Waals surface area contributed by atoms with Gasteiger partial charge in [-0.2, -0.15) is 8.78 Å². The maximum absolute atomic E-state index is 14.4. The van der Waals surface area contributed by atoms with Gasteiger partial charge in [-0.3, -0.25) is 0 Å². The van der Waals surface area contributed by atoms with E-state index < -0.39 is 53.2 Å². The summed E-state index contributed by atoms with van der Waals surface area (Å²) in [5.74, 6) is -6.19. The van der Waals surface area contributed by atoms with Gasteiger partial charge in [0.25, 0.3) is 0 Å². The zero-order valence-electron chi connectivity index (χ0n) is 15.3. The van der Waals surface area contributed by atoms with Crippen LogP contribution in [0.2, 0.25) is 0 Å². The van der Waals surface area contributed by atoms with E-state index in [-0.39, 0.29) is 17.9 Å². The number of aliphatic hydroxyl groups excluding tert-OH is 1. The predicted octanol–water partition coefficient (Wildman–Crippen LogP) is 6.14. The van der Waals surface area contributed by atoms with Gasteiger partial charge in [0.15, 0.2) is 0 Å². The number of hydrogen-bond donors (Lipinski definition) is 1. The number of aliphatic hydroxyl groups is 1. The zero-order valence-corrected chi connectivity index (χ0v) is 15.3. The highest BCUT2D eigenvalue weighted by atomic mass is 19.3. The summed E-state index contributed by atoms with van der Waals surface area (Å²) in [7, 11) is 0. The Bertz CT molecular complexity index is 791. The quantitative estimate of drug-likeness (QED) is 0.551. The van der Waals surface area contributed by atoms with Crippen LogP contribution in [0.3, 0.4) is 0 Å². The number of hydrogen-bond acceptors (Lipinski definition) is 2. The number of benzene rings is 1. The maximum atomic E-state index is 14.4. The Morgan fingerprint density at radius 3 is 2.21 bits per heavy atom. The molecular formula is C20H20F6O2. The molecule has 0 fully saturated rings. The summed E-state index contributed by atoms with van der Waals surface area (Å²) in [5, 5.41) is 10.1. The van der Waals surface area contributed by atoms with E-state index >= 15 is 0 Å². The number of halogens is 6.